The molecule has 188 valence electrons. The van der Waals surface area contributed by atoms with Crippen LogP contribution in [0.1, 0.15) is 32.6 Å². The third kappa shape index (κ3) is 6.59. The van der Waals surface area contributed by atoms with Gasteiger partial charge in [-0.3, -0.25) is 4.79 Å². The summed E-state index contributed by atoms with van der Waals surface area (Å²) in [4.78, 5) is 13.2. The van der Waals surface area contributed by atoms with Crippen molar-refractivity contribution < 1.29 is 23.7 Å². The monoisotopic (exact) mass is 500 g/mol. The van der Waals surface area contributed by atoms with E-state index in [4.69, 9.17) is 24.7 Å². The molecule has 0 radical (unpaired) electrons. The Morgan fingerprint density at radius 3 is 2.14 bits per heavy atom. The second-order valence-corrected chi connectivity index (χ2v) is 7.92. The molecular formula is C27H33ClN2O5. The molecule has 35 heavy (non-hydrogen) atoms. The van der Waals surface area contributed by atoms with Crippen LogP contribution >= 0.6 is 12.4 Å². The molecule has 3 rings (SSSR count). The van der Waals surface area contributed by atoms with Crippen molar-refractivity contribution in [3.63, 3.8) is 0 Å². The van der Waals surface area contributed by atoms with E-state index in [-0.39, 0.29) is 35.4 Å². The van der Waals surface area contributed by atoms with E-state index >= 15 is 0 Å². The van der Waals surface area contributed by atoms with Gasteiger partial charge in [-0.15, -0.1) is 12.4 Å². The van der Waals surface area contributed by atoms with Gasteiger partial charge in [0.15, 0.2) is 11.5 Å². The standard InChI is InChI=1S/C27H32N2O5.ClH/c1-17-6-7-18(2)20(14-17)16-29-27(30)22-15-23(25(32-4)26(33-5)24(22)31-3)34-21-10-8-19(9-11-21)12-13-28;/h6-11,14-15H,12-13,16,28H2,1-5H3,(H,29,30);1H. The summed E-state index contributed by atoms with van der Waals surface area (Å²) in [6.07, 6.45) is 0.782. The Balaban J connectivity index is 0.00000432. The van der Waals surface area contributed by atoms with E-state index in [1.807, 2.05) is 50.2 Å². The number of amides is 1. The quantitative estimate of drug-likeness (QED) is 0.408. The molecule has 0 spiro atoms. The molecule has 0 bridgehead atoms. The summed E-state index contributed by atoms with van der Waals surface area (Å²) in [6, 6.07) is 15.3. The normalized spacial score (nSPS) is 10.2. The maximum Gasteiger partial charge on any atom is 0.255 e. The van der Waals surface area contributed by atoms with Crippen LogP contribution in [0.2, 0.25) is 0 Å². The zero-order chi connectivity index (χ0) is 24.7. The van der Waals surface area contributed by atoms with Crippen LogP contribution in [0, 0.1) is 13.8 Å². The Kier molecular flexibility index (Phi) is 10.2. The number of hydrogen-bond donors (Lipinski definition) is 2. The molecule has 7 nitrogen and oxygen atoms in total. The van der Waals surface area contributed by atoms with Gasteiger partial charge in [0, 0.05) is 12.6 Å². The van der Waals surface area contributed by atoms with Crippen molar-refractivity contribution in [3.8, 4) is 28.7 Å². The molecule has 3 aromatic rings. The summed E-state index contributed by atoms with van der Waals surface area (Å²) in [5.74, 6) is 1.48. The number of nitrogens with two attached hydrogens (primary N) is 1. The number of halogens is 1. The van der Waals surface area contributed by atoms with Crippen molar-refractivity contribution in [1.29, 1.82) is 0 Å². The number of carbonyl (C=O) groups excluding carboxylic acids is 1. The summed E-state index contributed by atoms with van der Waals surface area (Å²) < 4.78 is 22.7. The SMILES string of the molecule is COc1c(Oc2ccc(CCN)cc2)cc(C(=O)NCc2cc(C)ccc2C)c(OC)c1OC.Cl. The van der Waals surface area contributed by atoms with Crippen LogP contribution in [0.4, 0.5) is 0 Å². The fraction of sp³-hybridized carbons (Fsp3) is 0.296. The lowest BCUT2D eigenvalue weighted by Crippen LogP contribution is -2.24. The van der Waals surface area contributed by atoms with Gasteiger partial charge in [0.1, 0.15) is 5.75 Å². The maximum atomic E-state index is 13.2. The van der Waals surface area contributed by atoms with Gasteiger partial charge in [-0.1, -0.05) is 35.9 Å². The van der Waals surface area contributed by atoms with Crippen molar-refractivity contribution in [2.24, 2.45) is 5.73 Å². The zero-order valence-electron chi connectivity index (χ0n) is 20.8. The van der Waals surface area contributed by atoms with Gasteiger partial charge in [-0.25, -0.2) is 0 Å². The average Bonchev–Trinajstić information content (AvgIpc) is 2.84. The van der Waals surface area contributed by atoms with Gasteiger partial charge in [-0.05, 0) is 55.6 Å². The van der Waals surface area contributed by atoms with E-state index in [2.05, 4.69) is 11.4 Å². The first-order chi connectivity index (χ1) is 16.4. The number of hydrogen-bond acceptors (Lipinski definition) is 6. The highest BCUT2D eigenvalue weighted by Crippen LogP contribution is 2.48. The average molecular weight is 501 g/mol. The van der Waals surface area contributed by atoms with E-state index in [9.17, 15) is 4.79 Å². The summed E-state index contributed by atoms with van der Waals surface area (Å²) in [7, 11) is 4.48. The first-order valence-corrected chi connectivity index (χ1v) is 11.1. The molecule has 0 saturated heterocycles. The van der Waals surface area contributed by atoms with Gasteiger partial charge in [-0.2, -0.15) is 0 Å². The summed E-state index contributed by atoms with van der Waals surface area (Å²) in [5.41, 5.74) is 10.3. The molecule has 0 aliphatic rings. The highest BCUT2D eigenvalue weighted by atomic mass is 35.5. The zero-order valence-corrected chi connectivity index (χ0v) is 21.6. The minimum atomic E-state index is -0.318. The highest BCUT2D eigenvalue weighted by molar-refractivity contribution is 5.99. The smallest absolute Gasteiger partial charge is 0.255 e. The number of benzene rings is 3. The van der Waals surface area contributed by atoms with E-state index in [1.165, 1.54) is 21.3 Å². The molecule has 0 fully saturated rings. The Bertz CT molecular complexity index is 1150. The van der Waals surface area contributed by atoms with Gasteiger partial charge in [0.05, 0.1) is 26.9 Å². The molecule has 8 heteroatoms. The first kappa shape index (κ1) is 27.8. The predicted octanol–water partition coefficient (Wildman–Crippen LogP) is 4.97. The molecule has 0 aromatic heterocycles. The highest BCUT2D eigenvalue weighted by Gasteiger charge is 2.26. The lowest BCUT2D eigenvalue weighted by molar-refractivity contribution is 0.0946. The van der Waals surface area contributed by atoms with Crippen LogP contribution in [0.3, 0.4) is 0 Å². The van der Waals surface area contributed by atoms with Crippen molar-refractivity contribution >= 4 is 18.3 Å². The largest absolute Gasteiger partial charge is 0.492 e. The topological polar surface area (TPSA) is 92.0 Å². The predicted molar refractivity (Wildman–Crippen MR) is 140 cm³/mol. The Morgan fingerprint density at radius 2 is 1.54 bits per heavy atom. The Labute approximate surface area is 212 Å². The van der Waals surface area contributed by atoms with E-state index in [1.54, 1.807) is 6.07 Å². The molecule has 3 aromatic carbocycles. The fourth-order valence-corrected chi connectivity index (χ4v) is 3.70. The maximum absolute atomic E-state index is 13.2. The lowest BCUT2D eigenvalue weighted by atomic mass is 10.1. The molecular weight excluding hydrogens is 468 g/mol. The molecule has 0 unspecified atom stereocenters. The summed E-state index contributed by atoms with van der Waals surface area (Å²) >= 11 is 0. The second kappa shape index (κ2) is 12.9. The number of aryl methyl sites for hydroxylation is 2. The van der Waals surface area contributed by atoms with E-state index in [0.29, 0.717) is 30.3 Å². The van der Waals surface area contributed by atoms with E-state index in [0.717, 1.165) is 28.7 Å². The van der Waals surface area contributed by atoms with Gasteiger partial charge >= 0.3 is 0 Å². The molecule has 0 aliphatic heterocycles. The molecule has 0 saturated carbocycles. The molecule has 0 heterocycles. The number of carbonyl (C=O) groups is 1. The van der Waals surface area contributed by atoms with Crippen LogP contribution < -0.4 is 30.0 Å². The van der Waals surface area contributed by atoms with Crippen LogP contribution in [0.15, 0.2) is 48.5 Å². The number of methoxy groups -OCH3 is 3. The van der Waals surface area contributed by atoms with Crippen molar-refractivity contribution in [2.45, 2.75) is 26.8 Å². The first-order valence-electron chi connectivity index (χ1n) is 11.1. The minimum Gasteiger partial charge on any atom is -0.492 e. The van der Waals surface area contributed by atoms with E-state index < -0.39 is 0 Å². The van der Waals surface area contributed by atoms with Crippen LogP contribution in [0.5, 0.6) is 28.7 Å². The molecule has 1 amide bonds. The van der Waals surface area contributed by atoms with Crippen molar-refractivity contribution in [1.82, 2.24) is 5.32 Å². The number of rotatable bonds is 10. The van der Waals surface area contributed by atoms with Crippen molar-refractivity contribution in [2.75, 3.05) is 27.9 Å². The number of nitrogens with one attached hydrogen (secondary N) is 1. The molecule has 0 aliphatic carbocycles. The Hall–Kier alpha value is -3.42. The van der Waals surface area contributed by atoms with Gasteiger partial charge < -0.3 is 30.0 Å². The van der Waals surface area contributed by atoms with Crippen LogP contribution in [0.25, 0.3) is 0 Å². The van der Waals surface area contributed by atoms with Crippen molar-refractivity contribution in [3.05, 3.63) is 76.3 Å². The van der Waals surface area contributed by atoms with Gasteiger partial charge in [0.2, 0.25) is 11.5 Å². The van der Waals surface area contributed by atoms with Gasteiger partial charge in [0.25, 0.3) is 5.91 Å². The summed E-state index contributed by atoms with van der Waals surface area (Å²) in [6.45, 7) is 4.99. The molecule has 0 atom stereocenters. The third-order valence-corrected chi connectivity index (χ3v) is 5.54. The van der Waals surface area contributed by atoms with Crippen LogP contribution in [-0.2, 0) is 13.0 Å². The minimum absolute atomic E-state index is 0. The second-order valence-electron chi connectivity index (χ2n) is 7.92. The lowest BCUT2D eigenvalue weighted by Gasteiger charge is -2.19. The molecule has 3 N–H and O–H groups in total. The van der Waals surface area contributed by atoms with Crippen LogP contribution in [-0.4, -0.2) is 33.8 Å². The number of ether oxygens (including phenoxy) is 4. The third-order valence-electron chi connectivity index (χ3n) is 5.54. The summed E-state index contributed by atoms with van der Waals surface area (Å²) in [5, 5.41) is 2.98. The fourth-order valence-electron chi connectivity index (χ4n) is 3.70. The Morgan fingerprint density at radius 1 is 0.886 bits per heavy atom.